The van der Waals surface area contributed by atoms with Crippen molar-refractivity contribution >= 4 is 0 Å². The van der Waals surface area contributed by atoms with Gasteiger partial charge < -0.3 is 15.5 Å². The average molecular weight is 209 g/mol. The lowest BCUT2D eigenvalue weighted by atomic mass is 10.1. The predicted molar refractivity (Wildman–Crippen MR) is 60.6 cm³/mol. The first-order chi connectivity index (χ1) is 7.27. The molecule has 1 rings (SSSR count). The summed E-state index contributed by atoms with van der Waals surface area (Å²) in [6.45, 7) is 2.20. The molecule has 2 atom stereocenters. The molecule has 0 aliphatic rings. The minimum Gasteiger partial charge on any atom is -0.396 e. The van der Waals surface area contributed by atoms with Crippen molar-refractivity contribution in [2.45, 2.75) is 25.4 Å². The third-order valence-corrected chi connectivity index (χ3v) is 2.48. The molecule has 3 nitrogen and oxygen atoms in total. The van der Waals surface area contributed by atoms with E-state index in [1.165, 1.54) is 5.56 Å². The van der Waals surface area contributed by atoms with Crippen LogP contribution in [0.3, 0.4) is 0 Å². The van der Waals surface area contributed by atoms with Crippen LogP contribution < -0.4 is 5.32 Å². The number of hydrogen-bond acceptors (Lipinski definition) is 3. The molecule has 0 aromatic heterocycles. The summed E-state index contributed by atoms with van der Waals surface area (Å²) in [5, 5.41) is 21.2. The van der Waals surface area contributed by atoms with Crippen molar-refractivity contribution in [2.24, 2.45) is 0 Å². The molecule has 1 aromatic rings. The van der Waals surface area contributed by atoms with Crippen LogP contribution in [0.25, 0.3) is 0 Å². The Bertz CT molecular complexity index is 264. The minimum absolute atomic E-state index is 0.0368. The summed E-state index contributed by atoms with van der Waals surface area (Å²) in [6, 6.07) is 10.2. The second-order valence-corrected chi connectivity index (χ2v) is 3.69. The SMILES string of the molecule is CC(NC(CO)CCO)c1ccccc1. The molecule has 0 saturated carbocycles. The maximum absolute atomic E-state index is 9.08. The number of hydrogen-bond donors (Lipinski definition) is 3. The van der Waals surface area contributed by atoms with Gasteiger partial charge in [-0.15, -0.1) is 0 Å². The Morgan fingerprint density at radius 3 is 2.40 bits per heavy atom. The van der Waals surface area contributed by atoms with Crippen LogP contribution >= 0.6 is 0 Å². The van der Waals surface area contributed by atoms with E-state index in [1.807, 2.05) is 30.3 Å². The van der Waals surface area contributed by atoms with Gasteiger partial charge in [-0.2, -0.15) is 0 Å². The van der Waals surface area contributed by atoms with Gasteiger partial charge in [-0.3, -0.25) is 0 Å². The highest BCUT2D eigenvalue weighted by Crippen LogP contribution is 2.12. The smallest absolute Gasteiger partial charge is 0.0585 e. The van der Waals surface area contributed by atoms with Crippen LogP contribution in [-0.2, 0) is 0 Å². The fourth-order valence-electron chi connectivity index (χ4n) is 1.57. The first-order valence-electron chi connectivity index (χ1n) is 5.30. The molecule has 84 valence electrons. The Kier molecular flexibility index (Phi) is 5.32. The van der Waals surface area contributed by atoms with Gasteiger partial charge in [-0.25, -0.2) is 0 Å². The molecule has 0 aliphatic heterocycles. The summed E-state index contributed by atoms with van der Waals surface area (Å²) in [6.07, 6.45) is 0.577. The summed E-state index contributed by atoms with van der Waals surface area (Å²) in [5.41, 5.74) is 1.19. The van der Waals surface area contributed by atoms with Crippen LogP contribution in [-0.4, -0.2) is 29.5 Å². The zero-order valence-corrected chi connectivity index (χ0v) is 9.06. The van der Waals surface area contributed by atoms with Crippen molar-refractivity contribution in [2.75, 3.05) is 13.2 Å². The van der Waals surface area contributed by atoms with Gasteiger partial charge in [0, 0.05) is 18.7 Å². The highest BCUT2D eigenvalue weighted by Gasteiger charge is 2.11. The van der Waals surface area contributed by atoms with Crippen LogP contribution in [0, 0.1) is 0 Å². The number of aliphatic hydroxyl groups excluding tert-OH is 2. The lowest BCUT2D eigenvalue weighted by Gasteiger charge is -2.21. The number of rotatable bonds is 6. The van der Waals surface area contributed by atoms with Crippen molar-refractivity contribution in [3.63, 3.8) is 0 Å². The Morgan fingerprint density at radius 1 is 1.20 bits per heavy atom. The lowest BCUT2D eigenvalue weighted by Crippen LogP contribution is -2.35. The summed E-state index contributed by atoms with van der Waals surface area (Å²) >= 11 is 0. The largest absolute Gasteiger partial charge is 0.396 e. The van der Waals surface area contributed by atoms with Crippen molar-refractivity contribution in [3.05, 3.63) is 35.9 Å². The quantitative estimate of drug-likeness (QED) is 0.657. The molecule has 2 unspecified atom stereocenters. The molecular weight excluding hydrogens is 190 g/mol. The van der Waals surface area contributed by atoms with E-state index in [2.05, 4.69) is 12.2 Å². The Morgan fingerprint density at radius 2 is 1.87 bits per heavy atom. The Hall–Kier alpha value is -0.900. The van der Waals surface area contributed by atoms with Crippen LogP contribution in [0.2, 0.25) is 0 Å². The first kappa shape index (κ1) is 12.2. The highest BCUT2D eigenvalue weighted by atomic mass is 16.3. The zero-order chi connectivity index (χ0) is 11.1. The normalized spacial score (nSPS) is 14.9. The monoisotopic (exact) mass is 209 g/mol. The second-order valence-electron chi connectivity index (χ2n) is 3.69. The van der Waals surface area contributed by atoms with E-state index in [0.29, 0.717) is 6.42 Å². The van der Waals surface area contributed by atoms with Crippen molar-refractivity contribution < 1.29 is 10.2 Å². The molecule has 0 aliphatic carbocycles. The number of benzene rings is 1. The maximum atomic E-state index is 9.08. The van der Waals surface area contributed by atoms with Gasteiger partial charge in [0.2, 0.25) is 0 Å². The van der Waals surface area contributed by atoms with Crippen LogP contribution in [0.15, 0.2) is 30.3 Å². The summed E-state index contributed by atoms with van der Waals surface area (Å²) in [7, 11) is 0. The standard InChI is InChI=1S/C12H19NO2/c1-10(11-5-3-2-4-6-11)13-12(9-15)7-8-14/h2-6,10,12-15H,7-9H2,1H3. The van der Waals surface area contributed by atoms with Crippen LogP contribution in [0.1, 0.15) is 24.9 Å². The highest BCUT2D eigenvalue weighted by molar-refractivity contribution is 5.18. The van der Waals surface area contributed by atoms with E-state index < -0.39 is 0 Å². The third-order valence-electron chi connectivity index (χ3n) is 2.48. The van der Waals surface area contributed by atoms with Gasteiger partial charge in [-0.1, -0.05) is 30.3 Å². The topological polar surface area (TPSA) is 52.5 Å². The third kappa shape index (κ3) is 4.00. The fourth-order valence-corrected chi connectivity index (χ4v) is 1.57. The molecule has 1 aromatic carbocycles. The molecule has 15 heavy (non-hydrogen) atoms. The van der Waals surface area contributed by atoms with E-state index in [1.54, 1.807) is 0 Å². The van der Waals surface area contributed by atoms with Gasteiger partial charge in [-0.05, 0) is 18.9 Å². The molecule has 3 heteroatoms. The van der Waals surface area contributed by atoms with Gasteiger partial charge in [0.1, 0.15) is 0 Å². The van der Waals surface area contributed by atoms with Crippen molar-refractivity contribution in [3.8, 4) is 0 Å². The second kappa shape index (κ2) is 6.56. The molecule has 0 radical (unpaired) electrons. The molecular formula is C12H19NO2. The van der Waals surface area contributed by atoms with E-state index in [0.717, 1.165) is 0 Å². The van der Waals surface area contributed by atoms with E-state index in [9.17, 15) is 0 Å². The predicted octanol–water partition coefficient (Wildman–Crippen LogP) is 1.08. The van der Waals surface area contributed by atoms with Crippen LogP contribution in [0.5, 0.6) is 0 Å². The molecule has 0 spiro atoms. The number of aliphatic hydroxyl groups is 2. The van der Waals surface area contributed by atoms with E-state index >= 15 is 0 Å². The van der Waals surface area contributed by atoms with Crippen molar-refractivity contribution in [1.82, 2.24) is 5.32 Å². The maximum Gasteiger partial charge on any atom is 0.0585 e. The van der Waals surface area contributed by atoms with Crippen molar-refractivity contribution in [1.29, 1.82) is 0 Å². The fraction of sp³-hybridized carbons (Fsp3) is 0.500. The molecule has 0 amide bonds. The Balaban J connectivity index is 2.50. The molecule has 0 bridgehead atoms. The van der Waals surface area contributed by atoms with Gasteiger partial charge in [0.25, 0.3) is 0 Å². The lowest BCUT2D eigenvalue weighted by molar-refractivity contribution is 0.193. The zero-order valence-electron chi connectivity index (χ0n) is 9.06. The van der Waals surface area contributed by atoms with Crippen LogP contribution in [0.4, 0.5) is 0 Å². The first-order valence-corrected chi connectivity index (χ1v) is 5.30. The Labute approximate surface area is 90.8 Å². The molecule has 3 N–H and O–H groups in total. The summed E-state index contributed by atoms with van der Waals surface area (Å²) in [5.74, 6) is 0. The molecule has 0 heterocycles. The number of nitrogens with one attached hydrogen (secondary N) is 1. The molecule has 0 saturated heterocycles. The average Bonchev–Trinajstić information content (AvgIpc) is 2.29. The van der Waals surface area contributed by atoms with Gasteiger partial charge >= 0.3 is 0 Å². The van der Waals surface area contributed by atoms with Gasteiger partial charge in [0.05, 0.1) is 6.61 Å². The summed E-state index contributed by atoms with van der Waals surface area (Å²) < 4.78 is 0. The van der Waals surface area contributed by atoms with E-state index in [4.69, 9.17) is 10.2 Å². The van der Waals surface area contributed by atoms with Gasteiger partial charge in [0.15, 0.2) is 0 Å². The molecule has 0 fully saturated rings. The minimum atomic E-state index is -0.0368. The van der Waals surface area contributed by atoms with E-state index in [-0.39, 0.29) is 25.3 Å². The summed E-state index contributed by atoms with van der Waals surface area (Å²) in [4.78, 5) is 0.